The molecule has 4 rings (SSSR count). The lowest BCUT2D eigenvalue weighted by molar-refractivity contribution is -0.179. The molecule has 0 aromatic rings. The third-order valence-corrected chi connectivity index (χ3v) is 9.26. The molecule has 4 aliphatic carbocycles. The average Bonchev–Trinajstić information content (AvgIpc) is 2.92. The van der Waals surface area contributed by atoms with E-state index in [1.165, 1.54) is 32.1 Å². The number of nitrogens with zero attached hydrogens (tertiary/aromatic N) is 1. The van der Waals surface area contributed by atoms with Gasteiger partial charge in [0.2, 0.25) is 0 Å². The summed E-state index contributed by atoms with van der Waals surface area (Å²) in [5.74, 6) is 3.18. The van der Waals surface area contributed by atoms with Gasteiger partial charge in [-0.2, -0.15) is 5.26 Å². The molecule has 4 saturated carbocycles. The monoisotopic (exact) mass is 359 g/mol. The van der Waals surface area contributed by atoms with Crippen molar-refractivity contribution in [2.45, 2.75) is 97.4 Å². The standard InChI is InChI=1S/C23H37NO2/c1-14(2)26-21-12-23(4)15(11-20(21)25)5-7-17-18-8-6-16(13-24)22(18,3)10-9-19(17)23/h14-21,25H,5-12H2,1-4H3/t15-,16+,17-,18-,19-,20-,21-,22+,23-/m0/s1. The number of fused-ring (bicyclic) bond motifs is 5. The number of rotatable bonds is 2. The summed E-state index contributed by atoms with van der Waals surface area (Å²) in [4.78, 5) is 0. The average molecular weight is 360 g/mol. The Labute approximate surface area is 159 Å². The third-order valence-electron chi connectivity index (χ3n) is 9.26. The summed E-state index contributed by atoms with van der Waals surface area (Å²) in [6.07, 6.45) is 9.24. The number of hydrogen-bond donors (Lipinski definition) is 1. The fourth-order valence-corrected chi connectivity index (χ4v) is 7.95. The lowest BCUT2D eigenvalue weighted by Crippen LogP contribution is -2.57. The van der Waals surface area contributed by atoms with E-state index in [2.05, 4.69) is 33.8 Å². The van der Waals surface area contributed by atoms with Gasteiger partial charge >= 0.3 is 0 Å². The fraction of sp³-hybridized carbons (Fsp3) is 0.957. The molecule has 146 valence electrons. The fourth-order valence-electron chi connectivity index (χ4n) is 7.95. The summed E-state index contributed by atoms with van der Waals surface area (Å²) in [5.41, 5.74) is 0.550. The zero-order valence-corrected chi connectivity index (χ0v) is 17.1. The largest absolute Gasteiger partial charge is 0.390 e. The Bertz CT molecular complexity index is 583. The normalized spacial score (nSPS) is 53.5. The van der Waals surface area contributed by atoms with Crippen molar-refractivity contribution in [2.24, 2.45) is 40.4 Å². The Balaban J connectivity index is 1.59. The first kappa shape index (κ1) is 18.8. The molecular formula is C23H37NO2. The van der Waals surface area contributed by atoms with E-state index in [4.69, 9.17) is 4.74 Å². The Morgan fingerprint density at radius 3 is 2.46 bits per heavy atom. The molecule has 0 heterocycles. The summed E-state index contributed by atoms with van der Waals surface area (Å²) in [7, 11) is 0. The molecule has 0 spiro atoms. The van der Waals surface area contributed by atoms with Gasteiger partial charge in [0, 0.05) is 0 Å². The summed E-state index contributed by atoms with van der Waals surface area (Å²) < 4.78 is 6.15. The van der Waals surface area contributed by atoms with Crippen LogP contribution < -0.4 is 0 Å². The van der Waals surface area contributed by atoms with Gasteiger partial charge in [0.05, 0.1) is 30.3 Å². The molecule has 1 N–H and O–H groups in total. The van der Waals surface area contributed by atoms with E-state index in [0.29, 0.717) is 11.3 Å². The van der Waals surface area contributed by atoms with Crippen molar-refractivity contribution < 1.29 is 9.84 Å². The molecule has 3 nitrogen and oxygen atoms in total. The molecule has 9 atom stereocenters. The van der Waals surface area contributed by atoms with E-state index in [-0.39, 0.29) is 29.6 Å². The molecule has 0 aromatic carbocycles. The number of aliphatic hydroxyl groups is 1. The highest BCUT2D eigenvalue weighted by Crippen LogP contribution is 2.67. The highest BCUT2D eigenvalue weighted by molar-refractivity contribution is 5.13. The van der Waals surface area contributed by atoms with Gasteiger partial charge in [-0.3, -0.25) is 0 Å². The molecule has 0 aromatic heterocycles. The lowest BCUT2D eigenvalue weighted by Gasteiger charge is -2.61. The molecule has 0 bridgehead atoms. The minimum Gasteiger partial charge on any atom is -0.390 e. The maximum Gasteiger partial charge on any atom is 0.0842 e. The minimum absolute atomic E-state index is 0.00116. The Morgan fingerprint density at radius 1 is 1.04 bits per heavy atom. The number of ether oxygens (including phenoxy) is 1. The van der Waals surface area contributed by atoms with Crippen LogP contribution in [0.1, 0.15) is 79.1 Å². The van der Waals surface area contributed by atoms with Crippen molar-refractivity contribution in [2.75, 3.05) is 0 Å². The van der Waals surface area contributed by atoms with Crippen LogP contribution in [0.3, 0.4) is 0 Å². The van der Waals surface area contributed by atoms with Crippen LogP contribution in [0.2, 0.25) is 0 Å². The molecule has 0 saturated heterocycles. The predicted octanol–water partition coefficient (Wildman–Crippen LogP) is 4.93. The molecule has 3 heteroatoms. The van der Waals surface area contributed by atoms with Crippen LogP contribution in [-0.4, -0.2) is 23.4 Å². The van der Waals surface area contributed by atoms with Crippen LogP contribution in [0.5, 0.6) is 0 Å². The zero-order valence-electron chi connectivity index (χ0n) is 17.1. The van der Waals surface area contributed by atoms with Crippen molar-refractivity contribution >= 4 is 0 Å². The van der Waals surface area contributed by atoms with Gasteiger partial charge in [0.25, 0.3) is 0 Å². The van der Waals surface area contributed by atoms with Gasteiger partial charge in [0.15, 0.2) is 0 Å². The predicted molar refractivity (Wildman–Crippen MR) is 102 cm³/mol. The highest BCUT2D eigenvalue weighted by Gasteiger charge is 2.61. The van der Waals surface area contributed by atoms with Crippen LogP contribution in [0.25, 0.3) is 0 Å². The highest BCUT2D eigenvalue weighted by atomic mass is 16.5. The molecule has 0 unspecified atom stereocenters. The van der Waals surface area contributed by atoms with Crippen LogP contribution in [0, 0.1) is 51.8 Å². The number of nitriles is 1. The first-order valence-electron chi connectivity index (χ1n) is 11.0. The van der Waals surface area contributed by atoms with Crippen molar-refractivity contribution in [3.63, 3.8) is 0 Å². The topological polar surface area (TPSA) is 53.2 Å². The van der Waals surface area contributed by atoms with E-state index < -0.39 is 0 Å². The Kier molecular flexibility index (Phi) is 4.68. The van der Waals surface area contributed by atoms with Crippen LogP contribution in [0.15, 0.2) is 0 Å². The van der Waals surface area contributed by atoms with Crippen LogP contribution >= 0.6 is 0 Å². The zero-order chi connectivity index (χ0) is 18.7. The first-order valence-corrected chi connectivity index (χ1v) is 11.0. The SMILES string of the molecule is CC(C)O[C@H]1C[C@@]2(C)[C@@H](CC[C@@H]3[C@@H]2CC[C@]2(C)[C@@H](C#N)CC[C@@H]32)C[C@@H]1O. The molecular weight excluding hydrogens is 322 g/mol. The van der Waals surface area contributed by atoms with Gasteiger partial charge in [-0.15, -0.1) is 0 Å². The molecule has 4 fully saturated rings. The van der Waals surface area contributed by atoms with Gasteiger partial charge in [-0.1, -0.05) is 13.8 Å². The van der Waals surface area contributed by atoms with Crippen molar-refractivity contribution in [1.29, 1.82) is 5.26 Å². The van der Waals surface area contributed by atoms with Crippen molar-refractivity contribution in [3.8, 4) is 6.07 Å². The van der Waals surface area contributed by atoms with Crippen LogP contribution in [0.4, 0.5) is 0 Å². The second kappa shape index (κ2) is 6.49. The van der Waals surface area contributed by atoms with E-state index in [1.54, 1.807) is 0 Å². The quantitative estimate of drug-likeness (QED) is 0.760. The second-order valence-electron chi connectivity index (χ2n) is 10.7. The first-order chi connectivity index (χ1) is 12.3. The minimum atomic E-state index is -0.296. The Hall–Kier alpha value is -0.590. The molecule has 0 radical (unpaired) electrons. The summed E-state index contributed by atoms with van der Waals surface area (Å²) in [6, 6.07) is 2.65. The number of aliphatic hydroxyl groups excluding tert-OH is 1. The van der Waals surface area contributed by atoms with Crippen molar-refractivity contribution in [1.82, 2.24) is 0 Å². The van der Waals surface area contributed by atoms with Gasteiger partial charge < -0.3 is 9.84 Å². The Morgan fingerprint density at radius 2 is 1.77 bits per heavy atom. The lowest BCUT2D eigenvalue weighted by atomic mass is 9.44. The number of hydrogen-bond acceptors (Lipinski definition) is 3. The van der Waals surface area contributed by atoms with E-state index >= 15 is 0 Å². The molecule has 26 heavy (non-hydrogen) atoms. The van der Waals surface area contributed by atoms with E-state index in [1.807, 2.05) is 0 Å². The third kappa shape index (κ3) is 2.67. The van der Waals surface area contributed by atoms with E-state index in [0.717, 1.165) is 37.0 Å². The molecule has 4 aliphatic rings. The molecule has 0 aliphatic heterocycles. The van der Waals surface area contributed by atoms with E-state index in [9.17, 15) is 10.4 Å². The summed E-state index contributed by atoms with van der Waals surface area (Å²) in [6.45, 7) is 9.09. The molecule has 0 amide bonds. The smallest absolute Gasteiger partial charge is 0.0842 e. The van der Waals surface area contributed by atoms with Crippen LogP contribution in [-0.2, 0) is 4.74 Å². The van der Waals surface area contributed by atoms with Gasteiger partial charge in [-0.05, 0) is 99.7 Å². The van der Waals surface area contributed by atoms with Gasteiger partial charge in [0.1, 0.15) is 0 Å². The maximum absolute atomic E-state index is 10.7. The van der Waals surface area contributed by atoms with Crippen molar-refractivity contribution in [3.05, 3.63) is 0 Å². The second-order valence-corrected chi connectivity index (χ2v) is 10.7. The van der Waals surface area contributed by atoms with Gasteiger partial charge in [-0.25, -0.2) is 0 Å². The maximum atomic E-state index is 10.7. The summed E-state index contributed by atoms with van der Waals surface area (Å²) in [5, 5.41) is 20.3. The summed E-state index contributed by atoms with van der Waals surface area (Å²) >= 11 is 0.